The van der Waals surface area contributed by atoms with Crippen LogP contribution >= 0.6 is 0 Å². The van der Waals surface area contributed by atoms with Gasteiger partial charge < -0.3 is 4.74 Å². The van der Waals surface area contributed by atoms with Crippen LogP contribution in [0.2, 0.25) is 0 Å². The van der Waals surface area contributed by atoms with Gasteiger partial charge in [-0.15, -0.1) is 0 Å². The van der Waals surface area contributed by atoms with Crippen molar-refractivity contribution in [3.63, 3.8) is 0 Å². The molecule has 0 aromatic carbocycles. The molecule has 0 aromatic rings. The average molecular weight is 263 g/mol. The molecule has 0 amide bonds. The Morgan fingerprint density at radius 2 is 2.11 bits per heavy atom. The van der Waals surface area contributed by atoms with E-state index in [4.69, 9.17) is 4.74 Å². The molecule has 0 saturated heterocycles. The Balaban J connectivity index is 1.92. The van der Waals surface area contributed by atoms with E-state index in [0.29, 0.717) is 0 Å². The number of fused-ring (bicyclic) bond motifs is 1. The summed E-state index contributed by atoms with van der Waals surface area (Å²) in [6.07, 6.45) is 11.4. The lowest BCUT2D eigenvalue weighted by Gasteiger charge is -2.45. The Kier molecular flexibility index (Phi) is 5.28. The highest BCUT2D eigenvalue weighted by atomic mass is 16.5. The smallest absolute Gasteiger partial charge is 0.0690 e. The maximum atomic E-state index is 9.59. The minimum atomic E-state index is -0.0746. The van der Waals surface area contributed by atoms with Crippen LogP contribution < -0.4 is 0 Å². The largest absolute Gasteiger partial charge is 0.385 e. The third-order valence-corrected chi connectivity index (χ3v) is 5.61. The molecule has 4 unspecified atom stereocenters. The fourth-order valence-corrected chi connectivity index (χ4v) is 4.46. The van der Waals surface area contributed by atoms with E-state index in [1.807, 2.05) is 0 Å². The second-order valence-electron chi connectivity index (χ2n) is 6.87. The number of hydrogen-bond donors (Lipinski definition) is 0. The van der Waals surface area contributed by atoms with E-state index in [0.717, 1.165) is 43.6 Å². The van der Waals surface area contributed by atoms with Crippen LogP contribution in [0, 0.1) is 34.5 Å². The molecule has 2 aliphatic rings. The zero-order valence-corrected chi connectivity index (χ0v) is 12.7. The quantitative estimate of drug-likeness (QED) is 0.729. The molecule has 0 spiro atoms. The number of rotatable bonds is 5. The maximum absolute atomic E-state index is 9.59. The number of ether oxygens (including phenoxy) is 1. The van der Waals surface area contributed by atoms with Gasteiger partial charge in [0.05, 0.1) is 11.5 Å². The van der Waals surface area contributed by atoms with Crippen LogP contribution in [0.15, 0.2) is 0 Å². The van der Waals surface area contributed by atoms with Gasteiger partial charge in [0, 0.05) is 13.7 Å². The summed E-state index contributed by atoms with van der Waals surface area (Å²) in [4.78, 5) is 0. The SMILES string of the molecule is CCCC1CCC2CC(C#N)(CCOC)CCC2C1. The van der Waals surface area contributed by atoms with E-state index in [1.165, 1.54) is 38.5 Å². The molecule has 2 heteroatoms. The van der Waals surface area contributed by atoms with Gasteiger partial charge in [0.15, 0.2) is 0 Å². The third-order valence-electron chi connectivity index (χ3n) is 5.61. The topological polar surface area (TPSA) is 33.0 Å². The average Bonchev–Trinajstić information content (AvgIpc) is 2.45. The predicted molar refractivity (Wildman–Crippen MR) is 77.6 cm³/mol. The van der Waals surface area contributed by atoms with Crippen molar-refractivity contribution >= 4 is 0 Å². The normalized spacial score (nSPS) is 38.5. The van der Waals surface area contributed by atoms with Crippen LogP contribution in [-0.4, -0.2) is 13.7 Å². The summed E-state index contributed by atoms with van der Waals surface area (Å²) in [6, 6.07) is 2.64. The molecule has 2 nitrogen and oxygen atoms in total. The molecule has 0 aliphatic heterocycles. The molecule has 0 radical (unpaired) electrons. The lowest BCUT2D eigenvalue weighted by molar-refractivity contribution is 0.0480. The monoisotopic (exact) mass is 263 g/mol. The Morgan fingerprint density at radius 3 is 2.79 bits per heavy atom. The summed E-state index contributed by atoms with van der Waals surface area (Å²) in [5.74, 6) is 2.70. The lowest BCUT2D eigenvalue weighted by Crippen LogP contribution is -2.37. The molecule has 0 heterocycles. The highest BCUT2D eigenvalue weighted by molar-refractivity contribution is 5.04. The Hall–Kier alpha value is -0.550. The summed E-state index contributed by atoms with van der Waals surface area (Å²) in [5, 5.41) is 9.59. The molecule has 108 valence electrons. The number of nitriles is 1. The maximum Gasteiger partial charge on any atom is 0.0690 e. The van der Waals surface area contributed by atoms with E-state index < -0.39 is 0 Å². The number of nitrogens with zero attached hydrogens (tertiary/aromatic N) is 1. The fraction of sp³-hybridized carbons (Fsp3) is 0.941. The number of methoxy groups -OCH3 is 1. The summed E-state index contributed by atoms with van der Waals surface area (Å²) >= 11 is 0. The molecule has 2 rings (SSSR count). The van der Waals surface area contributed by atoms with Gasteiger partial charge in [-0.3, -0.25) is 0 Å². The molecule has 2 saturated carbocycles. The molecule has 0 aromatic heterocycles. The molecule has 4 atom stereocenters. The number of hydrogen-bond acceptors (Lipinski definition) is 2. The first-order chi connectivity index (χ1) is 9.23. The molecule has 2 fully saturated rings. The predicted octanol–water partition coefficient (Wildman–Crippen LogP) is 4.55. The van der Waals surface area contributed by atoms with Crippen LogP contribution in [0.25, 0.3) is 0 Å². The summed E-state index contributed by atoms with van der Waals surface area (Å²) < 4.78 is 5.21. The first-order valence-corrected chi connectivity index (χ1v) is 8.13. The van der Waals surface area contributed by atoms with Crippen LogP contribution in [-0.2, 0) is 4.74 Å². The van der Waals surface area contributed by atoms with Crippen molar-refractivity contribution in [3.8, 4) is 6.07 Å². The first kappa shape index (κ1) is 14.9. The molecule has 19 heavy (non-hydrogen) atoms. The fourth-order valence-electron chi connectivity index (χ4n) is 4.46. The lowest BCUT2D eigenvalue weighted by atomic mass is 9.59. The van der Waals surface area contributed by atoms with Crippen LogP contribution in [0.5, 0.6) is 0 Å². The molecule has 0 N–H and O–H groups in total. The van der Waals surface area contributed by atoms with Crippen LogP contribution in [0.4, 0.5) is 0 Å². The van der Waals surface area contributed by atoms with Crippen molar-refractivity contribution in [1.82, 2.24) is 0 Å². The highest BCUT2D eigenvalue weighted by Gasteiger charge is 2.42. The Bertz CT molecular complexity index is 322. The van der Waals surface area contributed by atoms with E-state index >= 15 is 0 Å². The van der Waals surface area contributed by atoms with Crippen molar-refractivity contribution in [1.29, 1.82) is 5.26 Å². The molecular formula is C17H29NO. The van der Waals surface area contributed by atoms with Gasteiger partial charge in [-0.1, -0.05) is 26.2 Å². The van der Waals surface area contributed by atoms with Gasteiger partial charge in [0.1, 0.15) is 0 Å². The molecule has 2 aliphatic carbocycles. The Morgan fingerprint density at radius 1 is 1.26 bits per heavy atom. The van der Waals surface area contributed by atoms with Crippen molar-refractivity contribution in [2.75, 3.05) is 13.7 Å². The van der Waals surface area contributed by atoms with Gasteiger partial charge in [0.25, 0.3) is 0 Å². The summed E-state index contributed by atoms with van der Waals surface area (Å²) in [6.45, 7) is 3.04. The van der Waals surface area contributed by atoms with Gasteiger partial charge in [-0.25, -0.2) is 0 Å². The minimum Gasteiger partial charge on any atom is -0.385 e. The van der Waals surface area contributed by atoms with E-state index in [1.54, 1.807) is 7.11 Å². The zero-order valence-electron chi connectivity index (χ0n) is 12.7. The van der Waals surface area contributed by atoms with E-state index in [9.17, 15) is 5.26 Å². The standard InChI is InChI=1S/C17H29NO/c1-3-4-14-5-6-16-12-17(13-18,9-10-19-2)8-7-15(16)11-14/h14-16H,3-12H2,1-2H3. The molecule has 0 bridgehead atoms. The third kappa shape index (κ3) is 3.51. The van der Waals surface area contributed by atoms with Gasteiger partial charge in [-0.05, 0) is 56.3 Å². The zero-order chi connectivity index (χ0) is 13.7. The summed E-state index contributed by atoms with van der Waals surface area (Å²) in [5.41, 5.74) is -0.0746. The van der Waals surface area contributed by atoms with Crippen LogP contribution in [0.1, 0.15) is 64.7 Å². The van der Waals surface area contributed by atoms with Gasteiger partial charge in [-0.2, -0.15) is 5.26 Å². The molecular weight excluding hydrogens is 234 g/mol. The van der Waals surface area contributed by atoms with Gasteiger partial charge >= 0.3 is 0 Å². The van der Waals surface area contributed by atoms with E-state index in [2.05, 4.69) is 13.0 Å². The second-order valence-corrected chi connectivity index (χ2v) is 6.87. The van der Waals surface area contributed by atoms with E-state index in [-0.39, 0.29) is 5.41 Å². The highest BCUT2D eigenvalue weighted by Crippen LogP contribution is 2.51. The second kappa shape index (κ2) is 6.75. The Labute approximate surface area is 118 Å². The summed E-state index contributed by atoms with van der Waals surface area (Å²) in [7, 11) is 1.74. The van der Waals surface area contributed by atoms with Crippen LogP contribution in [0.3, 0.4) is 0 Å². The van der Waals surface area contributed by atoms with Crippen molar-refractivity contribution < 1.29 is 4.74 Å². The minimum absolute atomic E-state index is 0.0746. The van der Waals surface area contributed by atoms with Crippen molar-refractivity contribution in [2.24, 2.45) is 23.2 Å². The van der Waals surface area contributed by atoms with Gasteiger partial charge in [0.2, 0.25) is 0 Å². The van der Waals surface area contributed by atoms with Crippen molar-refractivity contribution in [2.45, 2.75) is 64.7 Å². The van der Waals surface area contributed by atoms with Crippen molar-refractivity contribution in [3.05, 3.63) is 0 Å². The first-order valence-electron chi connectivity index (χ1n) is 8.13.